The zero-order valence-electron chi connectivity index (χ0n) is 11.3. The molecule has 19 heavy (non-hydrogen) atoms. The molecule has 3 rings (SSSR count). The third-order valence-electron chi connectivity index (χ3n) is 3.93. The van der Waals surface area contributed by atoms with Gasteiger partial charge in [-0.25, -0.2) is 0 Å². The third kappa shape index (κ3) is 3.37. The van der Waals surface area contributed by atoms with Crippen LogP contribution in [0.1, 0.15) is 31.2 Å². The second-order valence-electron chi connectivity index (χ2n) is 5.43. The second-order valence-corrected chi connectivity index (χ2v) is 5.43. The Morgan fingerprint density at radius 1 is 1.16 bits per heavy atom. The molecule has 1 aromatic carbocycles. The molecule has 0 atom stereocenters. The Labute approximate surface area is 114 Å². The van der Waals surface area contributed by atoms with Crippen LogP contribution in [0.3, 0.4) is 0 Å². The monoisotopic (exact) mass is 255 g/mol. The van der Waals surface area contributed by atoms with Crippen LogP contribution >= 0.6 is 0 Å². The van der Waals surface area contributed by atoms with Crippen molar-refractivity contribution < 1.29 is 0 Å². The maximum Gasteiger partial charge on any atom is 0.0659 e. The number of anilines is 1. The van der Waals surface area contributed by atoms with E-state index >= 15 is 0 Å². The van der Waals surface area contributed by atoms with Gasteiger partial charge in [0.2, 0.25) is 0 Å². The number of nitrogens with zero attached hydrogens (tertiary/aromatic N) is 2. The summed E-state index contributed by atoms with van der Waals surface area (Å²) in [4.78, 5) is 0. The molecule has 1 aromatic heterocycles. The molecule has 1 heterocycles. The van der Waals surface area contributed by atoms with E-state index in [-0.39, 0.29) is 0 Å². The summed E-state index contributed by atoms with van der Waals surface area (Å²) >= 11 is 0. The summed E-state index contributed by atoms with van der Waals surface area (Å²) in [7, 11) is 0. The first-order valence-electron chi connectivity index (χ1n) is 7.20. The van der Waals surface area contributed by atoms with Crippen molar-refractivity contribution in [1.29, 1.82) is 0 Å². The molecule has 0 saturated heterocycles. The predicted molar refractivity (Wildman–Crippen MR) is 78.2 cm³/mol. The molecule has 0 amide bonds. The molecule has 2 aromatic rings. The highest BCUT2D eigenvalue weighted by Gasteiger charge is 2.14. The maximum absolute atomic E-state index is 4.22. The number of aromatic nitrogens is 2. The number of nitrogens with one attached hydrogen (secondary N) is 1. The van der Waals surface area contributed by atoms with Crippen LogP contribution in [0.4, 0.5) is 5.69 Å². The molecule has 0 aliphatic heterocycles. The topological polar surface area (TPSA) is 29.9 Å². The van der Waals surface area contributed by atoms with Gasteiger partial charge in [-0.2, -0.15) is 5.10 Å². The average Bonchev–Trinajstić information content (AvgIpc) is 3.11. The van der Waals surface area contributed by atoms with E-state index in [0.717, 1.165) is 19.0 Å². The minimum absolute atomic E-state index is 0.843. The van der Waals surface area contributed by atoms with E-state index in [9.17, 15) is 0 Å². The lowest BCUT2D eigenvalue weighted by Crippen LogP contribution is -2.10. The van der Waals surface area contributed by atoms with E-state index in [1.54, 1.807) is 0 Å². The van der Waals surface area contributed by atoms with Crippen LogP contribution in [-0.2, 0) is 6.54 Å². The van der Waals surface area contributed by atoms with Crippen molar-refractivity contribution in [2.75, 3.05) is 11.9 Å². The molecular weight excluding hydrogens is 234 g/mol. The smallest absolute Gasteiger partial charge is 0.0659 e. The van der Waals surface area contributed by atoms with Gasteiger partial charge in [-0.3, -0.25) is 4.68 Å². The summed E-state index contributed by atoms with van der Waals surface area (Å²) in [6, 6.07) is 10.7. The van der Waals surface area contributed by atoms with Crippen LogP contribution < -0.4 is 5.32 Å². The molecule has 3 heteroatoms. The van der Waals surface area contributed by atoms with Crippen molar-refractivity contribution in [1.82, 2.24) is 9.78 Å². The van der Waals surface area contributed by atoms with Crippen molar-refractivity contribution in [2.24, 2.45) is 5.92 Å². The van der Waals surface area contributed by atoms with Crippen molar-refractivity contribution >= 4 is 5.69 Å². The summed E-state index contributed by atoms with van der Waals surface area (Å²) in [6.07, 6.45) is 9.42. The number of benzene rings is 1. The van der Waals surface area contributed by atoms with Crippen LogP contribution in [0.25, 0.3) is 0 Å². The highest BCUT2D eigenvalue weighted by atomic mass is 15.3. The fourth-order valence-corrected chi connectivity index (χ4v) is 2.79. The average molecular weight is 255 g/mol. The van der Waals surface area contributed by atoms with Gasteiger partial charge in [0, 0.05) is 24.6 Å². The van der Waals surface area contributed by atoms with Gasteiger partial charge < -0.3 is 5.32 Å². The normalized spacial score (nSPS) is 15.8. The van der Waals surface area contributed by atoms with Crippen molar-refractivity contribution in [3.05, 3.63) is 48.3 Å². The summed E-state index contributed by atoms with van der Waals surface area (Å²) in [5.74, 6) is 0.878. The van der Waals surface area contributed by atoms with Crippen LogP contribution in [0, 0.1) is 5.92 Å². The van der Waals surface area contributed by atoms with Crippen molar-refractivity contribution in [2.45, 2.75) is 32.2 Å². The minimum Gasteiger partial charge on any atom is -0.385 e. The molecule has 1 N–H and O–H groups in total. The lowest BCUT2D eigenvalue weighted by atomic mass is 10.1. The Hall–Kier alpha value is -1.77. The van der Waals surface area contributed by atoms with Gasteiger partial charge in [0.25, 0.3) is 0 Å². The van der Waals surface area contributed by atoms with Crippen LogP contribution in [0.5, 0.6) is 0 Å². The number of hydrogen-bond donors (Lipinski definition) is 1. The highest BCUT2D eigenvalue weighted by molar-refractivity contribution is 5.44. The molecule has 3 nitrogen and oxygen atoms in total. The zero-order chi connectivity index (χ0) is 12.9. The van der Waals surface area contributed by atoms with Crippen LogP contribution in [-0.4, -0.2) is 16.3 Å². The minimum atomic E-state index is 0.843. The highest BCUT2D eigenvalue weighted by Crippen LogP contribution is 2.25. The van der Waals surface area contributed by atoms with Gasteiger partial charge in [-0.1, -0.05) is 25.0 Å². The fraction of sp³-hybridized carbons (Fsp3) is 0.438. The fourth-order valence-electron chi connectivity index (χ4n) is 2.79. The van der Waals surface area contributed by atoms with E-state index in [4.69, 9.17) is 0 Å². The van der Waals surface area contributed by atoms with Gasteiger partial charge in [0.05, 0.1) is 6.54 Å². The van der Waals surface area contributed by atoms with Crippen LogP contribution in [0.2, 0.25) is 0 Å². The first-order valence-corrected chi connectivity index (χ1v) is 7.20. The van der Waals surface area contributed by atoms with Gasteiger partial charge in [0.15, 0.2) is 0 Å². The van der Waals surface area contributed by atoms with E-state index < -0.39 is 0 Å². The summed E-state index contributed by atoms with van der Waals surface area (Å²) in [5, 5.41) is 7.77. The largest absolute Gasteiger partial charge is 0.385 e. The molecule has 0 radical (unpaired) electrons. The maximum atomic E-state index is 4.22. The SMILES string of the molecule is c1cnn(Cc2ccc(NCC3CCCC3)cc2)c1. The van der Waals surface area contributed by atoms with E-state index in [0.29, 0.717) is 0 Å². The standard InChI is InChI=1S/C16H21N3/c1-2-5-14(4-1)12-17-16-8-6-15(7-9-16)13-19-11-3-10-18-19/h3,6-11,14,17H,1-2,4-5,12-13H2. The molecular formula is C16H21N3. The first kappa shape index (κ1) is 12.3. The van der Waals surface area contributed by atoms with Gasteiger partial charge in [-0.05, 0) is 42.5 Å². The van der Waals surface area contributed by atoms with Gasteiger partial charge in [-0.15, -0.1) is 0 Å². The number of hydrogen-bond acceptors (Lipinski definition) is 2. The Bertz CT molecular complexity index is 481. The lowest BCUT2D eigenvalue weighted by Gasteiger charge is -2.12. The summed E-state index contributed by atoms with van der Waals surface area (Å²) in [5.41, 5.74) is 2.52. The second kappa shape index (κ2) is 5.91. The molecule has 1 aliphatic rings. The molecule has 100 valence electrons. The molecule has 0 unspecified atom stereocenters. The van der Waals surface area contributed by atoms with E-state index in [1.165, 1.54) is 36.9 Å². The predicted octanol–water partition coefficient (Wildman–Crippen LogP) is 3.53. The Kier molecular flexibility index (Phi) is 3.82. The lowest BCUT2D eigenvalue weighted by molar-refractivity contribution is 0.580. The summed E-state index contributed by atoms with van der Waals surface area (Å²) < 4.78 is 1.95. The van der Waals surface area contributed by atoms with Gasteiger partial charge >= 0.3 is 0 Å². The molecule has 0 bridgehead atoms. The van der Waals surface area contributed by atoms with E-state index in [1.807, 2.05) is 23.1 Å². The molecule has 1 fully saturated rings. The zero-order valence-corrected chi connectivity index (χ0v) is 11.3. The van der Waals surface area contributed by atoms with Crippen molar-refractivity contribution in [3.8, 4) is 0 Å². The van der Waals surface area contributed by atoms with Gasteiger partial charge in [0.1, 0.15) is 0 Å². The quantitative estimate of drug-likeness (QED) is 0.885. The molecule has 1 aliphatic carbocycles. The molecule has 0 spiro atoms. The van der Waals surface area contributed by atoms with E-state index in [2.05, 4.69) is 34.7 Å². The Morgan fingerprint density at radius 2 is 1.95 bits per heavy atom. The Morgan fingerprint density at radius 3 is 2.63 bits per heavy atom. The van der Waals surface area contributed by atoms with Crippen LogP contribution in [0.15, 0.2) is 42.7 Å². The summed E-state index contributed by atoms with van der Waals surface area (Å²) in [6.45, 7) is 1.97. The number of rotatable bonds is 5. The molecule has 1 saturated carbocycles. The first-order chi connectivity index (χ1) is 9.40. The third-order valence-corrected chi connectivity index (χ3v) is 3.93. The Balaban J connectivity index is 1.53. The van der Waals surface area contributed by atoms with Crippen molar-refractivity contribution in [3.63, 3.8) is 0 Å².